The van der Waals surface area contributed by atoms with Gasteiger partial charge in [-0.25, -0.2) is 0 Å². The van der Waals surface area contributed by atoms with E-state index in [4.69, 9.17) is 24.5 Å². The fourth-order valence-corrected chi connectivity index (χ4v) is 2.45. The van der Waals surface area contributed by atoms with Crippen LogP contribution in [0, 0.1) is 0 Å². The van der Waals surface area contributed by atoms with E-state index >= 15 is 0 Å². The molecule has 2 saturated heterocycles. The molecule has 0 spiro atoms. The van der Waals surface area contributed by atoms with Gasteiger partial charge in [-0.2, -0.15) is 0 Å². The molecule has 2 N–H and O–H groups in total. The van der Waals surface area contributed by atoms with E-state index in [1.807, 2.05) is 27.7 Å². The van der Waals surface area contributed by atoms with Crippen molar-refractivity contribution in [2.75, 3.05) is 26.4 Å². The van der Waals surface area contributed by atoms with Crippen molar-refractivity contribution >= 4 is 13.3 Å². The van der Waals surface area contributed by atoms with Gasteiger partial charge in [-0.3, -0.25) is 4.99 Å². The van der Waals surface area contributed by atoms with Gasteiger partial charge in [-0.05, 0) is 46.7 Å². The molecule has 0 unspecified atom stereocenters. The Balaban J connectivity index is 1.76. The van der Waals surface area contributed by atoms with Gasteiger partial charge in [0.05, 0.1) is 30.5 Å². The first-order valence-corrected chi connectivity index (χ1v) is 8.32. The first-order chi connectivity index (χ1) is 10.9. The van der Waals surface area contributed by atoms with Crippen molar-refractivity contribution in [3.05, 3.63) is 11.7 Å². The summed E-state index contributed by atoms with van der Waals surface area (Å²) in [6.45, 7) is 10.8. The van der Waals surface area contributed by atoms with E-state index in [2.05, 4.69) is 4.99 Å². The minimum Gasteiger partial charge on any atom is -0.405 e. The summed E-state index contributed by atoms with van der Waals surface area (Å²) in [5, 5.41) is 0. The van der Waals surface area contributed by atoms with Crippen molar-refractivity contribution in [1.82, 2.24) is 0 Å². The van der Waals surface area contributed by atoms with Gasteiger partial charge in [-0.1, -0.05) is 0 Å². The van der Waals surface area contributed by atoms with Gasteiger partial charge in [0.25, 0.3) is 0 Å². The number of ether oxygens (including phenoxy) is 2. The van der Waals surface area contributed by atoms with Gasteiger partial charge >= 0.3 is 7.12 Å². The summed E-state index contributed by atoms with van der Waals surface area (Å²) in [4.78, 5) is 4.38. The predicted molar refractivity (Wildman–Crippen MR) is 91.5 cm³/mol. The van der Waals surface area contributed by atoms with Crippen LogP contribution in [-0.2, 0) is 18.8 Å². The normalized spacial score (nSPS) is 25.4. The first kappa shape index (κ1) is 18.5. The van der Waals surface area contributed by atoms with Crippen LogP contribution in [0.3, 0.4) is 0 Å². The van der Waals surface area contributed by atoms with E-state index < -0.39 is 7.12 Å². The molecule has 0 aliphatic carbocycles. The minimum absolute atomic E-state index is 0.298. The third-order valence-corrected chi connectivity index (χ3v) is 4.70. The van der Waals surface area contributed by atoms with Gasteiger partial charge in [0, 0.05) is 24.9 Å². The molecule has 6 nitrogen and oxygen atoms in total. The number of nitrogens with two attached hydrogens (primary N) is 1. The second-order valence-electron chi connectivity index (χ2n) is 6.97. The monoisotopic (exact) mass is 324 g/mol. The number of hydrogen-bond donors (Lipinski definition) is 1. The Bertz CT molecular complexity index is 429. The molecule has 0 amide bonds. The topological polar surface area (TPSA) is 75.3 Å². The average Bonchev–Trinajstić information content (AvgIpc) is 2.72. The molecule has 0 saturated carbocycles. The van der Waals surface area contributed by atoms with Crippen LogP contribution in [-0.4, -0.2) is 57.0 Å². The van der Waals surface area contributed by atoms with Crippen molar-refractivity contribution in [3.8, 4) is 0 Å². The molecule has 2 aliphatic heterocycles. The summed E-state index contributed by atoms with van der Waals surface area (Å²) in [5.74, 6) is 0. The molecule has 0 radical (unpaired) electrons. The Morgan fingerprint density at radius 3 is 2.39 bits per heavy atom. The van der Waals surface area contributed by atoms with Crippen LogP contribution in [0.1, 0.15) is 40.5 Å². The molecule has 130 valence electrons. The number of rotatable bonds is 6. The molecule has 0 atom stereocenters. The van der Waals surface area contributed by atoms with Crippen LogP contribution in [0.4, 0.5) is 0 Å². The van der Waals surface area contributed by atoms with Crippen LogP contribution in [0.25, 0.3) is 0 Å². The lowest BCUT2D eigenvalue weighted by molar-refractivity contribution is -0.0289. The molecule has 0 aromatic carbocycles. The molecule has 0 aromatic heterocycles. The molecule has 7 heteroatoms. The summed E-state index contributed by atoms with van der Waals surface area (Å²) in [7, 11) is -0.481. The largest absolute Gasteiger partial charge is 0.497 e. The van der Waals surface area contributed by atoms with Crippen LogP contribution >= 0.6 is 0 Å². The van der Waals surface area contributed by atoms with Gasteiger partial charge in [-0.15, -0.1) is 0 Å². The van der Waals surface area contributed by atoms with Crippen molar-refractivity contribution in [2.45, 2.75) is 57.8 Å². The van der Waals surface area contributed by atoms with Crippen molar-refractivity contribution in [3.63, 3.8) is 0 Å². The summed E-state index contributed by atoms with van der Waals surface area (Å²) >= 11 is 0. The molecule has 0 bridgehead atoms. The lowest BCUT2D eigenvalue weighted by Gasteiger charge is -2.32. The lowest BCUT2D eigenvalue weighted by atomic mass is 9.79. The second kappa shape index (κ2) is 7.79. The smallest absolute Gasteiger partial charge is 0.405 e. The predicted octanol–water partition coefficient (Wildman–Crippen LogP) is 1.73. The number of aliphatic imine (C=N–C) groups is 1. The third kappa shape index (κ3) is 4.79. The maximum absolute atomic E-state index is 5.96. The summed E-state index contributed by atoms with van der Waals surface area (Å²) in [6.07, 6.45) is 5.43. The highest BCUT2D eigenvalue weighted by atomic mass is 16.7. The molecule has 23 heavy (non-hydrogen) atoms. The zero-order chi connectivity index (χ0) is 16.9. The standard InChI is InChI=1S/C16H29BN2O4/c1-15(2)16(3,4)23-17(22-15)13(11-18)12-19-7-10-21-14-5-8-20-9-6-14/h11-12,14H,5-10,18H2,1-4H3. The highest BCUT2D eigenvalue weighted by Crippen LogP contribution is 2.38. The number of allylic oxidation sites excluding steroid dienone is 1. The van der Waals surface area contributed by atoms with Gasteiger partial charge < -0.3 is 24.5 Å². The fraction of sp³-hybridized carbons (Fsp3) is 0.812. The highest BCUT2D eigenvalue weighted by Gasteiger charge is 2.52. The van der Waals surface area contributed by atoms with Crippen LogP contribution in [0.2, 0.25) is 0 Å². The molecule has 2 aliphatic rings. The Morgan fingerprint density at radius 1 is 1.22 bits per heavy atom. The zero-order valence-electron chi connectivity index (χ0n) is 14.7. The lowest BCUT2D eigenvalue weighted by Crippen LogP contribution is -2.41. The minimum atomic E-state index is -0.481. The Hall–Kier alpha value is -0.885. The zero-order valence-corrected chi connectivity index (χ0v) is 14.7. The van der Waals surface area contributed by atoms with Gasteiger partial charge in [0.2, 0.25) is 0 Å². The molecule has 0 aromatic rings. The van der Waals surface area contributed by atoms with Crippen molar-refractivity contribution < 1.29 is 18.8 Å². The van der Waals surface area contributed by atoms with E-state index in [1.165, 1.54) is 6.20 Å². The number of hydrogen-bond acceptors (Lipinski definition) is 6. The van der Waals surface area contributed by atoms with E-state index in [9.17, 15) is 0 Å². The molecular formula is C16H29BN2O4. The molecule has 2 fully saturated rings. The van der Waals surface area contributed by atoms with Crippen molar-refractivity contribution in [1.29, 1.82) is 0 Å². The number of nitrogens with zero attached hydrogens (tertiary/aromatic N) is 1. The Morgan fingerprint density at radius 2 is 1.83 bits per heavy atom. The van der Waals surface area contributed by atoms with Crippen LogP contribution in [0.15, 0.2) is 16.7 Å². The quantitative estimate of drug-likeness (QED) is 0.457. The maximum Gasteiger partial charge on any atom is 0.497 e. The molecule has 2 rings (SSSR count). The molecule has 2 heterocycles. The fourth-order valence-electron chi connectivity index (χ4n) is 2.45. The third-order valence-electron chi connectivity index (χ3n) is 4.70. The summed E-state index contributed by atoms with van der Waals surface area (Å²) < 4.78 is 23.0. The SMILES string of the molecule is CC1(C)OB(C(C=NCCOC2CCOCC2)=CN)OC1(C)C. The summed E-state index contributed by atoms with van der Waals surface area (Å²) in [5.41, 5.74) is 5.67. The first-order valence-electron chi connectivity index (χ1n) is 8.32. The van der Waals surface area contributed by atoms with Crippen LogP contribution in [0.5, 0.6) is 0 Å². The maximum atomic E-state index is 5.96. The van der Waals surface area contributed by atoms with Gasteiger partial charge in [0.1, 0.15) is 0 Å². The summed E-state index contributed by atoms with van der Waals surface area (Å²) in [6, 6.07) is 0. The van der Waals surface area contributed by atoms with Crippen molar-refractivity contribution in [2.24, 2.45) is 10.7 Å². The molecular weight excluding hydrogens is 295 g/mol. The average molecular weight is 324 g/mol. The van der Waals surface area contributed by atoms with E-state index in [1.54, 1.807) is 6.21 Å². The van der Waals surface area contributed by atoms with Crippen LogP contribution < -0.4 is 5.73 Å². The van der Waals surface area contributed by atoms with E-state index in [0.717, 1.165) is 31.5 Å². The second-order valence-corrected chi connectivity index (χ2v) is 6.97. The van der Waals surface area contributed by atoms with E-state index in [0.29, 0.717) is 19.3 Å². The van der Waals surface area contributed by atoms with Gasteiger partial charge in [0.15, 0.2) is 0 Å². The highest BCUT2D eigenvalue weighted by molar-refractivity contribution is 6.60. The Kier molecular flexibility index (Phi) is 6.25. The van der Waals surface area contributed by atoms with E-state index in [-0.39, 0.29) is 11.2 Å². The Labute approximate surface area is 139 Å².